The minimum absolute atomic E-state index is 0.310. The summed E-state index contributed by atoms with van der Waals surface area (Å²) in [5.74, 6) is 0.427. The van der Waals surface area contributed by atoms with E-state index in [1.807, 2.05) is 31.2 Å². The topological polar surface area (TPSA) is 43.8 Å². The third kappa shape index (κ3) is 1.54. The van der Waals surface area contributed by atoms with Gasteiger partial charge in [-0.1, -0.05) is 12.1 Å². The Bertz CT molecular complexity index is 731. The number of hydrogen-bond donors (Lipinski definition) is 1. The summed E-state index contributed by atoms with van der Waals surface area (Å²) in [6.45, 7) is 1.85. The number of anilines is 1. The molecule has 2 aromatic carbocycles. The third-order valence-corrected chi connectivity index (χ3v) is 2.94. The van der Waals surface area contributed by atoms with E-state index in [-0.39, 0.29) is 5.82 Å². The van der Waals surface area contributed by atoms with E-state index in [9.17, 15) is 4.39 Å². The summed E-state index contributed by atoms with van der Waals surface area (Å²) < 4.78 is 15.7. The van der Waals surface area contributed by atoms with Gasteiger partial charge in [0.25, 0.3) is 0 Å². The Hall–Kier alpha value is -2.36. The highest BCUT2D eigenvalue weighted by Gasteiger charge is 2.12. The van der Waals surface area contributed by atoms with E-state index < -0.39 is 0 Å². The van der Waals surface area contributed by atoms with Crippen LogP contribution in [0.25, 0.3) is 16.7 Å². The van der Waals surface area contributed by atoms with Crippen molar-refractivity contribution in [2.75, 3.05) is 5.73 Å². The van der Waals surface area contributed by atoms with Gasteiger partial charge in [-0.15, -0.1) is 0 Å². The van der Waals surface area contributed by atoms with E-state index in [0.717, 1.165) is 16.9 Å². The number of para-hydroxylation sites is 2. The van der Waals surface area contributed by atoms with Gasteiger partial charge in [0.15, 0.2) is 0 Å². The van der Waals surface area contributed by atoms with E-state index in [4.69, 9.17) is 5.73 Å². The fourth-order valence-electron chi connectivity index (χ4n) is 2.15. The maximum absolute atomic E-state index is 13.9. The molecule has 0 amide bonds. The number of fused-ring (bicyclic) bond motifs is 1. The molecule has 0 aliphatic heterocycles. The first-order valence-corrected chi connectivity index (χ1v) is 5.66. The van der Waals surface area contributed by atoms with Crippen LogP contribution in [0.5, 0.6) is 0 Å². The number of aromatic nitrogens is 2. The Morgan fingerprint density at radius 1 is 1.17 bits per heavy atom. The summed E-state index contributed by atoms with van der Waals surface area (Å²) >= 11 is 0. The SMILES string of the molecule is Cc1nc2ccccc2n1-c1cc(N)ccc1F. The summed E-state index contributed by atoms with van der Waals surface area (Å²) in [4.78, 5) is 4.42. The number of nitrogens with two attached hydrogens (primary N) is 1. The molecule has 2 N–H and O–H groups in total. The lowest BCUT2D eigenvalue weighted by atomic mass is 10.2. The van der Waals surface area contributed by atoms with Crippen LogP contribution in [0, 0.1) is 12.7 Å². The zero-order chi connectivity index (χ0) is 12.7. The highest BCUT2D eigenvalue weighted by Crippen LogP contribution is 2.24. The van der Waals surface area contributed by atoms with Gasteiger partial charge in [-0.25, -0.2) is 9.37 Å². The summed E-state index contributed by atoms with van der Waals surface area (Å²) in [6.07, 6.45) is 0. The van der Waals surface area contributed by atoms with Gasteiger partial charge in [0.2, 0.25) is 0 Å². The van der Waals surface area contributed by atoms with E-state index in [1.54, 1.807) is 16.7 Å². The van der Waals surface area contributed by atoms with E-state index in [1.165, 1.54) is 6.07 Å². The van der Waals surface area contributed by atoms with Gasteiger partial charge in [-0.05, 0) is 37.3 Å². The van der Waals surface area contributed by atoms with Crippen molar-refractivity contribution in [3.63, 3.8) is 0 Å². The summed E-state index contributed by atoms with van der Waals surface area (Å²) in [7, 11) is 0. The van der Waals surface area contributed by atoms with Crippen LogP contribution >= 0.6 is 0 Å². The van der Waals surface area contributed by atoms with E-state index >= 15 is 0 Å². The smallest absolute Gasteiger partial charge is 0.147 e. The minimum atomic E-state index is -0.310. The first-order valence-electron chi connectivity index (χ1n) is 5.66. The lowest BCUT2D eigenvalue weighted by molar-refractivity contribution is 0.618. The second kappa shape index (κ2) is 3.84. The Balaban J connectivity index is 2.37. The van der Waals surface area contributed by atoms with Crippen LogP contribution in [0.1, 0.15) is 5.82 Å². The summed E-state index contributed by atoms with van der Waals surface area (Å²) in [5.41, 5.74) is 8.41. The zero-order valence-electron chi connectivity index (χ0n) is 9.89. The van der Waals surface area contributed by atoms with Crippen LogP contribution in [0.15, 0.2) is 42.5 Å². The molecule has 1 heterocycles. The molecular formula is C14H12FN3. The number of nitrogen functional groups attached to an aromatic ring is 1. The van der Waals surface area contributed by atoms with Gasteiger partial charge in [0.1, 0.15) is 11.6 Å². The van der Waals surface area contributed by atoms with Crippen LogP contribution in [0.4, 0.5) is 10.1 Å². The molecule has 0 radical (unpaired) electrons. The fourth-order valence-corrected chi connectivity index (χ4v) is 2.15. The Morgan fingerprint density at radius 3 is 2.78 bits per heavy atom. The Labute approximate surface area is 104 Å². The minimum Gasteiger partial charge on any atom is -0.399 e. The molecule has 0 unspecified atom stereocenters. The quantitative estimate of drug-likeness (QED) is 0.665. The first-order chi connectivity index (χ1) is 8.66. The molecule has 18 heavy (non-hydrogen) atoms. The lowest BCUT2D eigenvalue weighted by Gasteiger charge is -2.09. The monoisotopic (exact) mass is 241 g/mol. The molecule has 0 aliphatic carbocycles. The number of benzene rings is 2. The molecule has 3 rings (SSSR count). The maximum Gasteiger partial charge on any atom is 0.147 e. The highest BCUT2D eigenvalue weighted by molar-refractivity contribution is 5.78. The molecule has 3 nitrogen and oxygen atoms in total. The molecule has 4 heteroatoms. The summed E-state index contributed by atoms with van der Waals surface area (Å²) in [5, 5.41) is 0. The van der Waals surface area contributed by atoms with Crippen molar-refractivity contribution in [3.05, 3.63) is 54.1 Å². The Morgan fingerprint density at radius 2 is 1.94 bits per heavy atom. The second-order valence-corrected chi connectivity index (χ2v) is 4.19. The molecule has 0 saturated heterocycles. The predicted octanol–water partition coefficient (Wildman–Crippen LogP) is 3.06. The molecule has 1 aromatic heterocycles. The largest absolute Gasteiger partial charge is 0.399 e. The van der Waals surface area contributed by atoms with Crippen LogP contribution < -0.4 is 5.73 Å². The van der Waals surface area contributed by atoms with Crippen LogP contribution in [0.2, 0.25) is 0 Å². The average Bonchev–Trinajstić information content (AvgIpc) is 2.68. The third-order valence-electron chi connectivity index (χ3n) is 2.94. The van der Waals surface area contributed by atoms with Crippen molar-refractivity contribution in [1.82, 2.24) is 9.55 Å². The maximum atomic E-state index is 13.9. The van der Waals surface area contributed by atoms with E-state index in [2.05, 4.69) is 4.98 Å². The van der Waals surface area contributed by atoms with Crippen molar-refractivity contribution in [2.45, 2.75) is 6.92 Å². The molecular weight excluding hydrogens is 229 g/mol. The normalized spacial score (nSPS) is 11.0. The van der Waals surface area contributed by atoms with E-state index in [0.29, 0.717) is 11.4 Å². The summed E-state index contributed by atoms with van der Waals surface area (Å²) in [6, 6.07) is 12.2. The highest BCUT2D eigenvalue weighted by atomic mass is 19.1. The number of hydrogen-bond acceptors (Lipinski definition) is 2. The average molecular weight is 241 g/mol. The number of aryl methyl sites for hydroxylation is 1. The molecule has 90 valence electrons. The van der Waals surface area contributed by atoms with Gasteiger partial charge in [0, 0.05) is 5.69 Å². The molecule has 0 bridgehead atoms. The number of nitrogens with zero attached hydrogens (tertiary/aromatic N) is 2. The number of imidazole rings is 1. The molecule has 0 saturated carbocycles. The van der Waals surface area contributed by atoms with Crippen molar-refractivity contribution in [2.24, 2.45) is 0 Å². The van der Waals surface area contributed by atoms with Gasteiger partial charge in [-0.3, -0.25) is 4.57 Å². The number of halogens is 1. The van der Waals surface area contributed by atoms with Crippen molar-refractivity contribution >= 4 is 16.7 Å². The lowest BCUT2D eigenvalue weighted by Crippen LogP contribution is -2.01. The van der Waals surface area contributed by atoms with Gasteiger partial charge in [-0.2, -0.15) is 0 Å². The van der Waals surface area contributed by atoms with Crippen LogP contribution in [-0.2, 0) is 0 Å². The fraction of sp³-hybridized carbons (Fsp3) is 0.0714. The van der Waals surface area contributed by atoms with Gasteiger partial charge < -0.3 is 5.73 Å². The molecule has 0 spiro atoms. The van der Waals surface area contributed by atoms with Gasteiger partial charge >= 0.3 is 0 Å². The predicted molar refractivity (Wildman–Crippen MR) is 70.2 cm³/mol. The van der Waals surface area contributed by atoms with Crippen molar-refractivity contribution in [1.29, 1.82) is 0 Å². The van der Waals surface area contributed by atoms with Gasteiger partial charge in [0.05, 0.1) is 16.7 Å². The number of rotatable bonds is 1. The molecule has 0 aliphatic rings. The zero-order valence-corrected chi connectivity index (χ0v) is 9.89. The molecule has 0 fully saturated rings. The standard InChI is InChI=1S/C14H12FN3/c1-9-17-12-4-2-3-5-13(12)18(9)14-8-10(16)6-7-11(14)15/h2-8H,16H2,1H3. The van der Waals surface area contributed by atoms with Crippen LogP contribution in [-0.4, -0.2) is 9.55 Å². The first kappa shape index (κ1) is 10.8. The second-order valence-electron chi connectivity index (χ2n) is 4.19. The van der Waals surface area contributed by atoms with Crippen molar-refractivity contribution in [3.8, 4) is 5.69 Å². The molecule has 3 aromatic rings. The van der Waals surface area contributed by atoms with Crippen LogP contribution in [0.3, 0.4) is 0 Å². The van der Waals surface area contributed by atoms with Crippen molar-refractivity contribution < 1.29 is 4.39 Å². The molecule has 0 atom stereocenters. The Kier molecular flexibility index (Phi) is 2.30.